The molecule has 1 aromatic heterocycles. The van der Waals surface area contributed by atoms with Crippen molar-refractivity contribution < 1.29 is 4.74 Å². The van der Waals surface area contributed by atoms with Gasteiger partial charge in [-0.1, -0.05) is 0 Å². The highest BCUT2D eigenvalue weighted by atomic mass is 16.5. The van der Waals surface area contributed by atoms with E-state index in [2.05, 4.69) is 44.0 Å². The first-order valence-electron chi connectivity index (χ1n) is 7.83. The van der Waals surface area contributed by atoms with Crippen LogP contribution in [-0.4, -0.2) is 37.3 Å². The first-order valence-corrected chi connectivity index (χ1v) is 7.83. The Hall–Kier alpha value is -1.13. The molecule has 1 aromatic rings. The molecule has 0 bridgehead atoms. The highest BCUT2D eigenvalue weighted by Crippen LogP contribution is 2.25. The third-order valence-electron chi connectivity index (χ3n) is 3.92. The molecule has 0 radical (unpaired) electrons. The van der Waals surface area contributed by atoms with Crippen LogP contribution in [0.5, 0.6) is 0 Å². The van der Waals surface area contributed by atoms with E-state index in [1.807, 2.05) is 6.20 Å². The molecule has 0 aromatic carbocycles. The summed E-state index contributed by atoms with van der Waals surface area (Å²) in [5.74, 6) is 1.77. The number of aromatic nitrogens is 1. The van der Waals surface area contributed by atoms with E-state index in [0.717, 1.165) is 32.1 Å². The molecule has 4 heteroatoms. The minimum atomic E-state index is 0.134. The fraction of sp³-hybridized carbons (Fsp3) is 0.706. The molecule has 0 amide bonds. The molecule has 1 saturated heterocycles. The molecular weight excluding hydrogens is 262 g/mol. The fourth-order valence-corrected chi connectivity index (χ4v) is 2.82. The van der Waals surface area contributed by atoms with Crippen molar-refractivity contribution in [1.29, 1.82) is 0 Å². The van der Waals surface area contributed by atoms with Crippen LogP contribution in [0, 0.1) is 12.8 Å². The second-order valence-electron chi connectivity index (χ2n) is 7.14. The van der Waals surface area contributed by atoms with Crippen molar-refractivity contribution in [2.75, 3.05) is 31.7 Å². The number of nitrogens with zero attached hydrogens (tertiary/aromatic N) is 2. The third kappa shape index (κ3) is 4.68. The van der Waals surface area contributed by atoms with E-state index in [4.69, 9.17) is 9.72 Å². The summed E-state index contributed by atoms with van der Waals surface area (Å²) in [7, 11) is 1.78. The van der Waals surface area contributed by atoms with E-state index >= 15 is 0 Å². The van der Waals surface area contributed by atoms with Gasteiger partial charge >= 0.3 is 0 Å². The highest BCUT2D eigenvalue weighted by Gasteiger charge is 2.24. The summed E-state index contributed by atoms with van der Waals surface area (Å²) in [5.41, 5.74) is 2.65. The number of pyridine rings is 1. The van der Waals surface area contributed by atoms with Gasteiger partial charge in [-0.15, -0.1) is 0 Å². The number of rotatable bonds is 5. The van der Waals surface area contributed by atoms with Gasteiger partial charge < -0.3 is 15.0 Å². The summed E-state index contributed by atoms with van der Waals surface area (Å²) in [6.45, 7) is 12.6. The predicted octanol–water partition coefficient (Wildman–Crippen LogP) is 2.75. The first kappa shape index (κ1) is 16.2. The van der Waals surface area contributed by atoms with E-state index in [9.17, 15) is 0 Å². The minimum absolute atomic E-state index is 0.134. The van der Waals surface area contributed by atoms with E-state index in [-0.39, 0.29) is 5.54 Å². The minimum Gasteiger partial charge on any atom is -0.384 e. The Bertz CT molecular complexity index is 468. The van der Waals surface area contributed by atoms with Crippen molar-refractivity contribution >= 4 is 5.82 Å². The SMILES string of the molecule is COCC1CCN(c2ncc(CNC(C)(C)C)cc2C)C1. The van der Waals surface area contributed by atoms with Gasteiger partial charge in [-0.25, -0.2) is 4.98 Å². The Kier molecular flexibility index (Phi) is 5.22. The molecule has 1 fully saturated rings. The van der Waals surface area contributed by atoms with Gasteiger partial charge in [0, 0.05) is 44.4 Å². The van der Waals surface area contributed by atoms with Crippen LogP contribution < -0.4 is 10.2 Å². The standard InChI is InChI=1S/C17H29N3O/c1-13-8-15(10-19-17(2,3)4)9-18-16(13)20-7-6-14(11-20)12-21-5/h8-9,14,19H,6-7,10-12H2,1-5H3. The molecule has 1 N–H and O–H groups in total. The molecule has 1 unspecified atom stereocenters. The molecular formula is C17H29N3O. The molecule has 0 saturated carbocycles. The molecule has 1 atom stereocenters. The van der Waals surface area contributed by atoms with E-state index in [1.54, 1.807) is 7.11 Å². The van der Waals surface area contributed by atoms with Crippen molar-refractivity contribution in [3.05, 3.63) is 23.4 Å². The van der Waals surface area contributed by atoms with Gasteiger partial charge in [0.05, 0.1) is 6.61 Å². The molecule has 2 heterocycles. The van der Waals surface area contributed by atoms with Crippen LogP contribution in [0.15, 0.2) is 12.3 Å². The monoisotopic (exact) mass is 291 g/mol. The lowest BCUT2D eigenvalue weighted by Gasteiger charge is -2.22. The zero-order chi connectivity index (χ0) is 15.5. The van der Waals surface area contributed by atoms with Crippen LogP contribution in [0.4, 0.5) is 5.82 Å². The molecule has 21 heavy (non-hydrogen) atoms. The van der Waals surface area contributed by atoms with Gasteiger partial charge in [0.25, 0.3) is 0 Å². The zero-order valence-corrected chi connectivity index (χ0v) is 14.1. The molecule has 1 aliphatic rings. The summed E-state index contributed by atoms with van der Waals surface area (Å²) in [5, 5.41) is 3.51. The summed E-state index contributed by atoms with van der Waals surface area (Å²) in [4.78, 5) is 7.09. The Morgan fingerprint density at radius 3 is 2.81 bits per heavy atom. The van der Waals surface area contributed by atoms with Gasteiger partial charge in [0.15, 0.2) is 0 Å². The number of aryl methyl sites for hydroxylation is 1. The van der Waals surface area contributed by atoms with Crippen LogP contribution in [0.3, 0.4) is 0 Å². The van der Waals surface area contributed by atoms with Crippen molar-refractivity contribution in [2.24, 2.45) is 5.92 Å². The quantitative estimate of drug-likeness (QED) is 0.905. The van der Waals surface area contributed by atoms with E-state index < -0.39 is 0 Å². The lowest BCUT2D eigenvalue weighted by atomic mass is 10.1. The van der Waals surface area contributed by atoms with Crippen molar-refractivity contribution in [3.63, 3.8) is 0 Å². The molecule has 0 spiro atoms. The number of ether oxygens (including phenoxy) is 1. The summed E-state index contributed by atoms with van der Waals surface area (Å²) < 4.78 is 5.27. The maximum Gasteiger partial charge on any atom is 0.131 e. The van der Waals surface area contributed by atoms with E-state index in [1.165, 1.54) is 17.5 Å². The number of anilines is 1. The van der Waals surface area contributed by atoms with Gasteiger partial charge in [0.2, 0.25) is 0 Å². The summed E-state index contributed by atoms with van der Waals surface area (Å²) in [6.07, 6.45) is 3.20. The Morgan fingerprint density at radius 1 is 1.43 bits per heavy atom. The van der Waals surface area contributed by atoms with E-state index in [0.29, 0.717) is 5.92 Å². The Morgan fingerprint density at radius 2 is 2.19 bits per heavy atom. The van der Waals surface area contributed by atoms with Crippen LogP contribution in [0.25, 0.3) is 0 Å². The van der Waals surface area contributed by atoms with Crippen molar-refractivity contribution in [1.82, 2.24) is 10.3 Å². The Balaban J connectivity index is 1.99. The van der Waals surface area contributed by atoms with Crippen LogP contribution in [0.2, 0.25) is 0 Å². The summed E-state index contributed by atoms with van der Waals surface area (Å²) in [6, 6.07) is 2.25. The maximum absolute atomic E-state index is 5.27. The molecule has 0 aliphatic carbocycles. The Labute approximate surface area is 128 Å². The van der Waals surface area contributed by atoms with Crippen LogP contribution >= 0.6 is 0 Å². The van der Waals surface area contributed by atoms with Gasteiger partial charge in [0.1, 0.15) is 5.82 Å². The lowest BCUT2D eigenvalue weighted by Crippen LogP contribution is -2.35. The highest BCUT2D eigenvalue weighted by molar-refractivity contribution is 5.48. The topological polar surface area (TPSA) is 37.4 Å². The van der Waals surface area contributed by atoms with Gasteiger partial charge in [-0.3, -0.25) is 0 Å². The smallest absolute Gasteiger partial charge is 0.131 e. The van der Waals surface area contributed by atoms with Crippen LogP contribution in [-0.2, 0) is 11.3 Å². The lowest BCUT2D eigenvalue weighted by molar-refractivity contribution is 0.161. The maximum atomic E-state index is 5.27. The number of hydrogen-bond acceptors (Lipinski definition) is 4. The molecule has 1 aliphatic heterocycles. The molecule has 4 nitrogen and oxygen atoms in total. The third-order valence-corrected chi connectivity index (χ3v) is 3.92. The largest absolute Gasteiger partial charge is 0.384 e. The molecule has 2 rings (SSSR count). The number of nitrogens with one attached hydrogen (secondary N) is 1. The van der Waals surface area contributed by atoms with Crippen LogP contribution in [0.1, 0.15) is 38.3 Å². The zero-order valence-electron chi connectivity index (χ0n) is 14.1. The molecule has 118 valence electrons. The van der Waals surface area contributed by atoms with Gasteiger partial charge in [-0.05, 0) is 51.3 Å². The summed E-state index contributed by atoms with van der Waals surface area (Å²) >= 11 is 0. The second kappa shape index (κ2) is 6.75. The normalized spacial score (nSPS) is 19.3. The number of hydrogen-bond donors (Lipinski definition) is 1. The fourth-order valence-electron chi connectivity index (χ4n) is 2.82. The van der Waals surface area contributed by atoms with Crippen molar-refractivity contribution in [2.45, 2.75) is 46.2 Å². The first-order chi connectivity index (χ1) is 9.89. The number of methoxy groups -OCH3 is 1. The van der Waals surface area contributed by atoms with Crippen molar-refractivity contribution in [3.8, 4) is 0 Å². The average Bonchev–Trinajstić information content (AvgIpc) is 2.84. The second-order valence-corrected chi connectivity index (χ2v) is 7.14. The van der Waals surface area contributed by atoms with Gasteiger partial charge in [-0.2, -0.15) is 0 Å². The predicted molar refractivity (Wildman–Crippen MR) is 87.8 cm³/mol. The average molecular weight is 291 g/mol.